The third-order valence-electron chi connectivity index (χ3n) is 2.73. The Balaban J connectivity index is 2.14. The fourth-order valence-corrected chi connectivity index (χ4v) is 2.84. The molecule has 2 N–H and O–H groups in total. The molecule has 8 heteroatoms. The van der Waals surface area contributed by atoms with Gasteiger partial charge in [-0.25, -0.2) is 4.98 Å². The van der Waals surface area contributed by atoms with Crippen molar-refractivity contribution < 1.29 is 4.79 Å². The number of carbonyl (C=O) groups excluding carboxylic acids is 1. The Morgan fingerprint density at radius 3 is 2.90 bits per heavy atom. The number of hydrogen-bond donors (Lipinski definition) is 1. The van der Waals surface area contributed by atoms with Crippen molar-refractivity contribution in [3.63, 3.8) is 0 Å². The second-order valence-electron chi connectivity index (χ2n) is 4.64. The van der Waals surface area contributed by atoms with Gasteiger partial charge in [-0.2, -0.15) is 5.10 Å². The Labute approximate surface area is 129 Å². The first-order chi connectivity index (χ1) is 9.47. The van der Waals surface area contributed by atoms with Crippen LogP contribution in [0.15, 0.2) is 16.0 Å². The molecule has 0 fully saturated rings. The van der Waals surface area contributed by atoms with E-state index in [9.17, 15) is 4.79 Å². The highest BCUT2D eigenvalue weighted by molar-refractivity contribution is 9.10. The maximum absolute atomic E-state index is 12.4. The zero-order valence-electron chi connectivity index (χ0n) is 11.3. The molecule has 20 heavy (non-hydrogen) atoms. The molecule has 0 amide bonds. The normalized spacial score (nSPS) is 11.2. The number of Topliss-reactive ketones (excluding diaryl/α,β-unsaturated/α-hetero) is 1. The number of halogens is 1. The number of hydrogen-bond acceptors (Lipinski definition) is 6. The van der Waals surface area contributed by atoms with Gasteiger partial charge >= 0.3 is 0 Å². The Kier molecular flexibility index (Phi) is 4.90. The van der Waals surface area contributed by atoms with E-state index in [1.54, 1.807) is 10.9 Å². The second-order valence-corrected chi connectivity index (χ2v) is 6.39. The number of nitrogens with two attached hydrogens (primary N) is 1. The molecule has 6 nitrogen and oxygen atoms in total. The molecule has 2 aromatic heterocycles. The zero-order valence-corrected chi connectivity index (χ0v) is 13.7. The average molecular weight is 358 g/mol. The molecular weight excluding hydrogens is 342 g/mol. The minimum Gasteiger partial charge on any atom is -0.375 e. The molecule has 0 aromatic carbocycles. The zero-order chi connectivity index (χ0) is 14.7. The number of ketones is 1. The summed E-state index contributed by atoms with van der Waals surface area (Å²) in [5.74, 6) is -0.0153. The number of carbonyl (C=O) groups is 1. The Bertz CT molecular complexity index is 607. The maximum atomic E-state index is 12.4. The maximum Gasteiger partial charge on any atom is 0.187 e. The van der Waals surface area contributed by atoms with Crippen LogP contribution in [0.1, 0.15) is 16.2 Å². The van der Waals surface area contributed by atoms with Gasteiger partial charge in [-0.3, -0.25) is 9.48 Å². The van der Waals surface area contributed by atoms with Crippen LogP contribution in [-0.2, 0) is 13.0 Å². The molecule has 0 bridgehead atoms. The van der Waals surface area contributed by atoms with Crippen molar-refractivity contribution in [1.82, 2.24) is 19.7 Å². The summed E-state index contributed by atoms with van der Waals surface area (Å²) in [6.45, 7) is 1.48. The summed E-state index contributed by atoms with van der Waals surface area (Å²) < 4.78 is 2.44. The molecule has 0 unspecified atom stereocenters. The van der Waals surface area contributed by atoms with E-state index >= 15 is 0 Å². The van der Waals surface area contributed by atoms with Crippen LogP contribution in [0.5, 0.6) is 0 Å². The summed E-state index contributed by atoms with van der Waals surface area (Å²) in [5, 5.41) is 6.52. The van der Waals surface area contributed by atoms with Crippen LogP contribution < -0.4 is 5.73 Å². The lowest BCUT2D eigenvalue weighted by molar-refractivity contribution is 0.0980. The van der Waals surface area contributed by atoms with Crippen molar-refractivity contribution in [2.24, 2.45) is 0 Å². The minimum atomic E-state index is -0.0153. The summed E-state index contributed by atoms with van der Waals surface area (Å²) in [6.07, 6.45) is 1.89. The Morgan fingerprint density at radius 1 is 1.55 bits per heavy atom. The predicted octanol–water partition coefficient (Wildman–Crippen LogP) is 1.67. The van der Waals surface area contributed by atoms with Crippen molar-refractivity contribution in [3.05, 3.63) is 27.4 Å². The molecule has 2 rings (SSSR count). The summed E-state index contributed by atoms with van der Waals surface area (Å²) in [4.78, 5) is 18.6. The van der Waals surface area contributed by atoms with Gasteiger partial charge in [0, 0.05) is 11.9 Å². The summed E-state index contributed by atoms with van der Waals surface area (Å²) >= 11 is 4.72. The monoisotopic (exact) mass is 357 g/mol. The number of anilines is 1. The fraction of sp³-hybridized carbons (Fsp3) is 0.417. The lowest BCUT2D eigenvalue weighted by atomic mass is 10.2. The number of nitrogens with zero attached hydrogens (tertiary/aromatic N) is 4. The van der Waals surface area contributed by atoms with Crippen molar-refractivity contribution in [2.45, 2.75) is 13.0 Å². The topological polar surface area (TPSA) is 77.0 Å². The van der Waals surface area contributed by atoms with Crippen LogP contribution in [0.2, 0.25) is 0 Å². The van der Waals surface area contributed by atoms with Crippen LogP contribution in [-0.4, -0.2) is 46.1 Å². The molecule has 0 spiro atoms. The number of nitrogen functional groups attached to an aromatic ring is 1. The highest BCUT2D eigenvalue weighted by atomic mass is 79.9. The van der Waals surface area contributed by atoms with E-state index in [0.29, 0.717) is 27.5 Å². The number of thiazole rings is 1. The van der Waals surface area contributed by atoms with E-state index in [-0.39, 0.29) is 12.2 Å². The van der Waals surface area contributed by atoms with E-state index < -0.39 is 0 Å². The van der Waals surface area contributed by atoms with Gasteiger partial charge in [0.15, 0.2) is 10.9 Å². The average Bonchev–Trinajstić information content (AvgIpc) is 2.93. The molecule has 0 saturated carbocycles. The standard InChI is InChI=1S/C12H16BrN5OS/c1-17(2)3-4-18-11(9(13)6-15-18)10(19)5-8-7-20-12(14)16-8/h6-7H,3-5H2,1-2H3,(H2,14,16). The highest BCUT2D eigenvalue weighted by Crippen LogP contribution is 2.19. The summed E-state index contributed by atoms with van der Waals surface area (Å²) in [5.41, 5.74) is 6.86. The van der Waals surface area contributed by atoms with Crippen LogP contribution in [0.25, 0.3) is 0 Å². The van der Waals surface area contributed by atoms with Gasteiger partial charge in [-0.05, 0) is 30.0 Å². The third kappa shape index (κ3) is 3.65. The van der Waals surface area contributed by atoms with Gasteiger partial charge in [-0.15, -0.1) is 11.3 Å². The van der Waals surface area contributed by atoms with Gasteiger partial charge in [0.2, 0.25) is 0 Å². The van der Waals surface area contributed by atoms with E-state index in [4.69, 9.17) is 5.73 Å². The fourth-order valence-electron chi connectivity index (χ4n) is 1.76. The smallest absolute Gasteiger partial charge is 0.187 e. The SMILES string of the molecule is CN(C)CCn1ncc(Br)c1C(=O)Cc1csc(N)n1. The first-order valence-electron chi connectivity index (χ1n) is 6.06. The van der Waals surface area contributed by atoms with Crippen molar-refractivity contribution in [2.75, 3.05) is 26.4 Å². The largest absolute Gasteiger partial charge is 0.375 e. The molecule has 0 aliphatic carbocycles. The molecular formula is C12H16BrN5OS. The van der Waals surface area contributed by atoms with E-state index in [0.717, 1.165) is 6.54 Å². The van der Waals surface area contributed by atoms with Gasteiger partial charge in [0.1, 0.15) is 5.69 Å². The van der Waals surface area contributed by atoms with Crippen molar-refractivity contribution in [3.8, 4) is 0 Å². The van der Waals surface area contributed by atoms with E-state index in [2.05, 4.69) is 26.0 Å². The first kappa shape index (κ1) is 15.1. The van der Waals surface area contributed by atoms with Crippen LogP contribution in [0.4, 0.5) is 5.13 Å². The number of rotatable bonds is 6. The summed E-state index contributed by atoms with van der Waals surface area (Å²) in [6, 6.07) is 0. The third-order valence-corrected chi connectivity index (χ3v) is 4.03. The van der Waals surface area contributed by atoms with Crippen molar-refractivity contribution >= 4 is 38.2 Å². The van der Waals surface area contributed by atoms with Crippen LogP contribution >= 0.6 is 27.3 Å². The highest BCUT2D eigenvalue weighted by Gasteiger charge is 2.18. The van der Waals surface area contributed by atoms with Gasteiger partial charge in [-0.1, -0.05) is 0 Å². The first-order valence-corrected chi connectivity index (χ1v) is 7.73. The van der Waals surface area contributed by atoms with Gasteiger partial charge in [0.25, 0.3) is 0 Å². The lowest BCUT2D eigenvalue weighted by Gasteiger charge is -2.11. The minimum absolute atomic E-state index is 0.0153. The molecule has 0 aliphatic rings. The van der Waals surface area contributed by atoms with Crippen molar-refractivity contribution in [1.29, 1.82) is 0 Å². The quantitative estimate of drug-likeness (QED) is 0.795. The van der Waals surface area contributed by atoms with Crippen LogP contribution in [0, 0.1) is 0 Å². The van der Waals surface area contributed by atoms with E-state index in [1.165, 1.54) is 11.3 Å². The molecule has 2 heterocycles. The van der Waals surface area contributed by atoms with Crippen LogP contribution in [0.3, 0.4) is 0 Å². The second kappa shape index (κ2) is 6.47. The Hall–Kier alpha value is -1.25. The molecule has 0 radical (unpaired) electrons. The van der Waals surface area contributed by atoms with E-state index in [1.807, 2.05) is 24.4 Å². The van der Waals surface area contributed by atoms with Gasteiger partial charge in [0.05, 0.1) is 29.3 Å². The molecule has 108 valence electrons. The number of aromatic nitrogens is 3. The molecule has 0 atom stereocenters. The summed E-state index contributed by atoms with van der Waals surface area (Å²) in [7, 11) is 3.97. The lowest BCUT2D eigenvalue weighted by Crippen LogP contribution is -2.22. The Morgan fingerprint density at radius 2 is 2.30 bits per heavy atom. The molecule has 2 aromatic rings. The molecule has 0 aliphatic heterocycles. The number of likely N-dealkylation sites (N-methyl/N-ethyl adjacent to an activating group) is 1. The molecule has 0 saturated heterocycles. The van der Waals surface area contributed by atoms with Gasteiger partial charge < -0.3 is 10.6 Å². The predicted molar refractivity (Wildman–Crippen MR) is 83.0 cm³/mol.